The van der Waals surface area contributed by atoms with Gasteiger partial charge in [0.25, 0.3) is 0 Å². The van der Waals surface area contributed by atoms with Gasteiger partial charge in [-0.1, -0.05) is 13.8 Å². The molecule has 0 saturated carbocycles. The molecular formula is C8H19ClN2O. The molecule has 0 radical (unpaired) electrons. The van der Waals surface area contributed by atoms with Gasteiger partial charge in [-0.3, -0.25) is 9.69 Å². The summed E-state index contributed by atoms with van der Waals surface area (Å²) in [5.74, 6) is -0.263. The monoisotopic (exact) mass is 194 g/mol. The van der Waals surface area contributed by atoms with Gasteiger partial charge >= 0.3 is 0 Å². The molecule has 4 heteroatoms. The van der Waals surface area contributed by atoms with Crippen LogP contribution in [0.15, 0.2) is 0 Å². The highest BCUT2D eigenvalue weighted by atomic mass is 35.5. The van der Waals surface area contributed by atoms with Crippen LogP contribution in [-0.4, -0.2) is 29.4 Å². The Morgan fingerprint density at radius 2 is 1.67 bits per heavy atom. The zero-order valence-electron chi connectivity index (χ0n) is 8.26. The third-order valence-electron chi connectivity index (χ3n) is 2.16. The second kappa shape index (κ2) is 5.38. The molecule has 0 unspecified atom stereocenters. The average molecular weight is 195 g/mol. The normalized spacial score (nSPS) is 11.1. The zero-order chi connectivity index (χ0) is 9.07. The Hall–Kier alpha value is -0.280. The minimum absolute atomic E-state index is 0. The van der Waals surface area contributed by atoms with Crippen molar-refractivity contribution in [3.63, 3.8) is 0 Å². The number of hydrogen-bond acceptors (Lipinski definition) is 2. The smallest absolute Gasteiger partial charge is 0.237 e. The summed E-state index contributed by atoms with van der Waals surface area (Å²) in [5, 5.41) is 0. The molecule has 0 rings (SSSR count). The van der Waals surface area contributed by atoms with Crippen LogP contribution in [0.4, 0.5) is 0 Å². The van der Waals surface area contributed by atoms with Crippen molar-refractivity contribution in [2.24, 2.45) is 5.73 Å². The van der Waals surface area contributed by atoms with Crippen LogP contribution in [0.1, 0.15) is 27.7 Å². The summed E-state index contributed by atoms with van der Waals surface area (Å²) in [6.45, 7) is 9.45. The van der Waals surface area contributed by atoms with Crippen molar-refractivity contribution in [2.45, 2.75) is 33.2 Å². The Morgan fingerprint density at radius 3 is 1.75 bits per heavy atom. The summed E-state index contributed by atoms with van der Waals surface area (Å²) in [5.41, 5.74) is 4.73. The summed E-state index contributed by atoms with van der Waals surface area (Å²) < 4.78 is 0. The molecule has 0 atom stereocenters. The molecule has 0 aromatic rings. The SMILES string of the molecule is CCN(CC)C(C)(C)C(N)=O.Cl. The van der Waals surface area contributed by atoms with Crippen molar-refractivity contribution in [1.29, 1.82) is 0 Å². The first kappa shape index (κ1) is 14.3. The van der Waals surface area contributed by atoms with E-state index in [4.69, 9.17) is 5.73 Å². The zero-order valence-corrected chi connectivity index (χ0v) is 9.07. The van der Waals surface area contributed by atoms with Crippen molar-refractivity contribution < 1.29 is 4.79 Å². The van der Waals surface area contributed by atoms with Gasteiger partial charge in [0.1, 0.15) is 0 Å². The molecule has 0 aromatic heterocycles. The minimum Gasteiger partial charge on any atom is -0.368 e. The van der Waals surface area contributed by atoms with Gasteiger partial charge in [0.05, 0.1) is 5.54 Å². The predicted molar refractivity (Wildman–Crippen MR) is 53.4 cm³/mol. The van der Waals surface area contributed by atoms with Crippen LogP contribution in [0.25, 0.3) is 0 Å². The fourth-order valence-corrected chi connectivity index (χ4v) is 1.17. The molecule has 1 amide bonds. The van der Waals surface area contributed by atoms with Gasteiger partial charge in [-0.15, -0.1) is 12.4 Å². The lowest BCUT2D eigenvalue weighted by molar-refractivity contribution is -0.128. The van der Waals surface area contributed by atoms with Crippen LogP contribution < -0.4 is 5.73 Å². The Balaban J connectivity index is 0. The van der Waals surface area contributed by atoms with Crippen LogP contribution in [0.3, 0.4) is 0 Å². The summed E-state index contributed by atoms with van der Waals surface area (Å²) in [4.78, 5) is 13.0. The van der Waals surface area contributed by atoms with Gasteiger partial charge < -0.3 is 5.73 Å². The van der Waals surface area contributed by atoms with E-state index in [0.717, 1.165) is 13.1 Å². The maximum Gasteiger partial charge on any atom is 0.237 e. The summed E-state index contributed by atoms with van der Waals surface area (Å²) in [6.07, 6.45) is 0. The molecule has 0 saturated heterocycles. The second-order valence-electron chi connectivity index (χ2n) is 3.10. The number of primary amides is 1. The number of rotatable bonds is 4. The fourth-order valence-electron chi connectivity index (χ4n) is 1.17. The van der Waals surface area contributed by atoms with E-state index in [-0.39, 0.29) is 18.3 Å². The third-order valence-corrected chi connectivity index (χ3v) is 2.16. The lowest BCUT2D eigenvalue weighted by Gasteiger charge is -2.33. The van der Waals surface area contributed by atoms with E-state index in [1.165, 1.54) is 0 Å². The van der Waals surface area contributed by atoms with Crippen LogP contribution in [0.5, 0.6) is 0 Å². The molecule has 12 heavy (non-hydrogen) atoms. The molecule has 0 heterocycles. The fraction of sp³-hybridized carbons (Fsp3) is 0.875. The topological polar surface area (TPSA) is 46.3 Å². The van der Waals surface area contributed by atoms with Crippen molar-refractivity contribution in [3.8, 4) is 0 Å². The lowest BCUT2D eigenvalue weighted by atomic mass is 10.0. The highest BCUT2D eigenvalue weighted by Gasteiger charge is 2.30. The third kappa shape index (κ3) is 2.99. The summed E-state index contributed by atoms with van der Waals surface area (Å²) in [6, 6.07) is 0. The molecule has 0 aliphatic heterocycles. The number of nitrogens with zero attached hydrogens (tertiary/aromatic N) is 1. The molecular weight excluding hydrogens is 176 g/mol. The van der Waals surface area contributed by atoms with Gasteiger partial charge in [-0.25, -0.2) is 0 Å². The van der Waals surface area contributed by atoms with Crippen LogP contribution in [0.2, 0.25) is 0 Å². The van der Waals surface area contributed by atoms with Gasteiger partial charge in [0.15, 0.2) is 0 Å². The number of carbonyl (C=O) groups excluding carboxylic acids is 1. The van der Waals surface area contributed by atoms with Gasteiger partial charge in [-0.2, -0.15) is 0 Å². The predicted octanol–water partition coefficient (Wildman–Crippen LogP) is 1.01. The first-order chi connectivity index (χ1) is 4.96. The average Bonchev–Trinajstić information content (AvgIpc) is 1.89. The van der Waals surface area contributed by atoms with E-state index in [2.05, 4.69) is 0 Å². The molecule has 0 spiro atoms. The van der Waals surface area contributed by atoms with E-state index < -0.39 is 5.54 Å². The molecule has 2 N–H and O–H groups in total. The number of amides is 1. The molecule has 0 aromatic carbocycles. The molecule has 3 nitrogen and oxygen atoms in total. The molecule has 0 bridgehead atoms. The van der Waals surface area contributed by atoms with Gasteiger partial charge in [0, 0.05) is 0 Å². The lowest BCUT2D eigenvalue weighted by Crippen LogP contribution is -2.53. The highest BCUT2D eigenvalue weighted by Crippen LogP contribution is 2.12. The van der Waals surface area contributed by atoms with Crippen LogP contribution in [0, 0.1) is 0 Å². The number of halogens is 1. The van der Waals surface area contributed by atoms with Crippen LogP contribution in [-0.2, 0) is 4.79 Å². The quantitative estimate of drug-likeness (QED) is 0.727. The first-order valence-electron chi connectivity index (χ1n) is 4.01. The van der Waals surface area contributed by atoms with E-state index in [1.807, 2.05) is 32.6 Å². The molecule has 0 aliphatic carbocycles. The van der Waals surface area contributed by atoms with Gasteiger partial charge in [-0.05, 0) is 26.9 Å². The maximum absolute atomic E-state index is 11.0. The van der Waals surface area contributed by atoms with Crippen LogP contribution >= 0.6 is 12.4 Å². The molecule has 74 valence electrons. The molecule has 0 fully saturated rings. The first-order valence-corrected chi connectivity index (χ1v) is 4.01. The van der Waals surface area contributed by atoms with Crippen molar-refractivity contribution in [3.05, 3.63) is 0 Å². The number of carbonyl (C=O) groups is 1. The Bertz CT molecular complexity index is 144. The standard InChI is InChI=1S/C8H18N2O.ClH/c1-5-10(6-2)8(3,4)7(9)11;/h5-6H2,1-4H3,(H2,9,11);1H. The van der Waals surface area contributed by atoms with Gasteiger partial charge in [0.2, 0.25) is 5.91 Å². The highest BCUT2D eigenvalue weighted by molar-refractivity contribution is 5.85. The Kier molecular flexibility index (Phi) is 6.39. The minimum atomic E-state index is -0.510. The van der Waals surface area contributed by atoms with E-state index >= 15 is 0 Å². The van der Waals surface area contributed by atoms with Crippen molar-refractivity contribution in [2.75, 3.05) is 13.1 Å². The summed E-state index contributed by atoms with van der Waals surface area (Å²) in [7, 11) is 0. The number of nitrogens with two attached hydrogens (primary N) is 1. The van der Waals surface area contributed by atoms with E-state index in [1.54, 1.807) is 0 Å². The summed E-state index contributed by atoms with van der Waals surface area (Å²) >= 11 is 0. The number of likely N-dealkylation sites (N-methyl/N-ethyl adjacent to an activating group) is 1. The number of hydrogen-bond donors (Lipinski definition) is 1. The Morgan fingerprint density at radius 1 is 1.33 bits per heavy atom. The van der Waals surface area contributed by atoms with Crippen molar-refractivity contribution >= 4 is 18.3 Å². The van der Waals surface area contributed by atoms with E-state index in [9.17, 15) is 4.79 Å². The molecule has 0 aliphatic rings. The maximum atomic E-state index is 11.0. The van der Waals surface area contributed by atoms with Crippen molar-refractivity contribution in [1.82, 2.24) is 4.90 Å². The largest absolute Gasteiger partial charge is 0.368 e. The Labute approximate surface area is 80.7 Å². The second-order valence-corrected chi connectivity index (χ2v) is 3.10. The van der Waals surface area contributed by atoms with E-state index in [0.29, 0.717) is 0 Å².